The number of benzene rings is 1. The summed E-state index contributed by atoms with van der Waals surface area (Å²) in [6.45, 7) is 6.16. The summed E-state index contributed by atoms with van der Waals surface area (Å²) in [6, 6.07) is 5.95. The molecule has 9 nitrogen and oxygen atoms in total. The molecule has 0 saturated carbocycles. The maximum absolute atomic E-state index is 12.1. The van der Waals surface area contributed by atoms with Crippen LogP contribution in [0.15, 0.2) is 33.2 Å². The standard InChI is InChI=1S/C20H22N4O5S2/c1-4-27-18(26)8-14-10-30-19(21-14)22-16(25)11-31-20-24-23-17(29-20)9-28-15-7-12(2)5-6-13(15)3/h5-7,10H,4,8-9,11H2,1-3H3,(H,21,22,25). The second-order valence-electron chi connectivity index (χ2n) is 6.48. The van der Waals surface area contributed by atoms with Crippen LogP contribution in [0.4, 0.5) is 5.13 Å². The van der Waals surface area contributed by atoms with E-state index in [4.69, 9.17) is 13.9 Å². The van der Waals surface area contributed by atoms with Crippen molar-refractivity contribution in [1.82, 2.24) is 15.2 Å². The summed E-state index contributed by atoms with van der Waals surface area (Å²) >= 11 is 2.36. The molecule has 0 atom stereocenters. The normalized spacial score (nSPS) is 10.7. The number of anilines is 1. The summed E-state index contributed by atoms with van der Waals surface area (Å²) in [5.74, 6) is 0.542. The third-order valence-corrected chi connectivity index (χ3v) is 5.52. The minimum absolute atomic E-state index is 0.0733. The average molecular weight is 463 g/mol. The van der Waals surface area contributed by atoms with Crippen LogP contribution in [-0.2, 0) is 27.4 Å². The van der Waals surface area contributed by atoms with Crippen molar-refractivity contribution in [1.29, 1.82) is 0 Å². The van der Waals surface area contributed by atoms with Gasteiger partial charge in [-0.25, -0.2) is 4.98 Å². The van der Waals surface area contributed by atoms with Crippen LogP contribution < -0.4 is 10.1 Å². The van der Waals surface area contributed by atoms with Crippen LogP contribution in [0.25, 0.3) is 0 Å². The number of thiazole rings is 1. The van der Waals surface area contributed by atoms with Crippen molar-refractivity contribution < 1.29 is 23.5 Å². The van der Waals surface area contributed by atoms with E-state index in [0.717, 1.165) is 28.6 Å². The lowest BCUT2D eigenvalue weighted by Crippen LogP contribution is -2.14. The first-order valence-corrected chi connectivity index (χ1v) is 11.3. The largest absolute Gasteiger partial charge is 0.484 e. The number of aryl methyl sites for hydroxylation is 2. The predicted molar refractivity (Wildman–Crippen MR) is 116 cm³/mol. The smallest absolute Gasteiger partial charge is 0.311 e. The molecular formula is C20H22N4O5S2. The van der Waals surface area contributed by atoms with Crippen LogP contribution in [0.2, 0.25) is 0 Å². The molecular weight excluding hydrogens is 440 g/mol. The number of ether oxygens (including phenoxy) is 2. The fourth-order valence-corrected chi connectivity index (χ4v) is 3.75. The van der Waals surface area contributed by atoms with Crippen molar-refractivity contribution in [3.8, 4) is 5.75 Å². The molecule has 1 N–H and O–H groups in total. The molecule has 3 aromatic rings. The van der Waals surface area contributed by atoms with Crippen LogP contribution in [-0.4, -0.2) is 39.4 Å². The van der Waals surface area contributed by atoms with Crippen molar-refractivity contribution in [2.45, 2.75) is 39.0 Å². The van der Waals surface area contributed by atoms with Gasteiger partial charge in [-0.1, -0.05) is 23.9 Å². The number of thioether (sulfide) groups is 1. The third-order valence-electron chi connectivity index (χ3n) is 3.90. The summed E-state index contributed by atoms with van der Waals surface area (Å²) in [7, 11) is 0. The number of nitrogens with one attached hydrogen (secondary N) is 1. The molecule has 1 amide bonds. The van der Waals surface area contributed by atoms with Gasteiger partial charge in [0.2, 0.25) is 5.91 Å². The SMILES string of the molecule is CCOC(=O)Cc1csc(NC(=O)CSc2nnc(COc3cc(C)ccc3C)o2)n1. The average Bonchev–Trinajstić information content (AvgIpc) is 3.36. The highest BCUT2D eigenvalue weighted by atomic mass is 32.2. The van der Waals surface area contributed by atoms with E-state index < -0.39 is 0 Å². The Bertz CT molecular complexity index is 1050. The minimum Gasteiger partial charge on any atom is -0.484 e. The molecule has 0 saturated heterocycles. The van der Waals surface area contributed by atoms with Gasteiger partial charge in [0.1, 0.15) is 5.75 Å². The summed E-state index contributed by atoms with van der Waals surface area (Å²) in [5, 5.41) is 12.9. The van der Waals surface area contributed by atoms with Crippen LogP contribution in [0.1, 0.15) is 29.6 Å². The molecule has 0 fully saturated rings. The molecule has 0 aliphatic heterocycles. The van der Waals surface area contributed by atoms with Gasteiger partial charge < -0.3 is 19.2 Å². The van der Waals surface area contributed by atoms with E-state index in [1.54, 1.807) is 12.3 Å². The Balaban J connectivity index is 1.44. The number of esters is 1. The third kappa shape index (κ3) is 7.07. The maximum Gasteiger partial charge on any atom is 0.311 e. The lowest BCUT2D eigenvalue weighted by Gasteiger charge is -2.07. The number of carbonyl (C=O) groups excluding carboxylic acids is 2. The first-order valence-electron chi connectivity index (χ1n) is 9.48. The Kier molecular flexibility index (Phi) is 8.01. The monoisotopic (exact) mass is 462 g/mol. The van der Waals surface area contributed by atoms with E-state index in [1.807, 2.05) is 32.0 Å². The molecule has 2 aromatic heterocycles. The lowest BCUT2D eigenvalue weighted by atomic mass is 10.1. The van der Waals surface area contributed by atoms with E-state index in [2.05, 4.69) is 20.5 Å². The highest BCUT2D eigenvalue weighted by Crippen LogP contribution is 2.22. The Labute approximate surface area is 187 Å². The highest BCUT2D eigenvalue weighted by molar-refractivity contribution is 7.99. The van der Waals surface area contributed by atoms with Gasteiger partial charge >= 0.3 is 5.97 Å². The van der Waals surface area contributed by atoms with Crippen molar-refractivity contribution in [2.75, 3.05) is 17.7 Å². The Morgan fingerprint density at radius 1 is 1.26 bits per heavy atom. The zero-order chi connectivity index (χ0) is 22.2. The number of carbonyl (C=O) groups is 2. The summed E-state index contributed by atoms with van der Waals surface area (Å²) in [6.07, 6.45) is 0.0733. The Morgan fingerprint density at radius 3 is 2.90 bits per heavy atom. The number of aromatic nitrogens is 3. The first kappa shape index (κ1) is 22.8. The van der Waals surface area contributed by atoms with Gasteiger partial charge in [-0.15, -0.1) is 21.5 Å². The fraction of sp³-hybridized carbons (Fsp3) is 0.350. The van der Waals surface area contributed by atoms with Crippen molar-refractivity contribution in [3.63, 3.8) is 0 Å². The Morgan fingerprint density at radius 2 is 2.10 bits per heavy atom. The van der Waals surface area contributed by atoms with Crippen molar-refractivity contribution in [2.24, 2.45) is 0 Å². The van der Waals surface area contributed by atoms with E-state index in [0.29, 0.717) is 23.3 Å². The van der Waals surface area contributed by atoms with Gasteiger partial charge in [-0.05, 0) is 38.0 Å². The van der Waals surface area contributed by atoms with Crippen molar-refractivity contribution >= 4 is 40.1 Å². The quantitative estimate of drug-likeness (QED) is 0.356. The van der Waals surface area contributed by atoms with Gasteiger partial charge in [0.15, 0.2) is 11.7 Å². The molecule has 2 heterocycles. The van der Waals surface area contributed by atoms with Gasteiger partial charge in [0.25, 0.3) is 11.1 Å². The number of rotatable bonds is 10. The maximum atomic E-state index is 12.1. The zero-order valence-corrected chi connectivity index (χ0v) is 19.0. The van der Waals surface area contributed by atoms with Crippen LogP contribution >= 0.6 is 23.1 Å². The number of hydrogen-bond donors (Lipinski definition) is 1. The van der Waals surface area contributed by atoms with E-state index >= 15 is 0 Å². The molecule has 3 rings (SSSR count). The molecule has 0 bridgehead atoms. The molecule has 11 heteroatoms. The molecule has 0 aliphatic carbocycles. The lowest BCUT2D eigenvalue weighted by molar-refractivity contribution is -0.142. The van der Waals surface area contributed by atoms with Gasteiger partial charge in [-0.2, -0.15) is 0 Å². The molecule has 1 aromatic carbocycles. The first-order chi connectivity index (χ1) is 14.9. The molecule has 0 unspecified atom stereocenters. The zero-order valence-electron chi connectivity index (χ0n) is 17.3. The van der Waals surface area contributed by atoms with Crippen LogP contribution in [0, 0.1) is 13.8 Å². The number of hydrogen-bond acceptors (Lipinski definition) is 10. The number of nitrogens with zero attached hydrogens (tertiary/aromatic N) is 3. The van der Waals surface area contributed by atoms with Crippen LogP contribution in [0.3, 0.4) is 0 Å². The molecule has 31 heavy (non-hydrogen) atoms. The molecule has 0 aliphatic rings. The second-order valence-corrected chi connectivity index (χ2v) is 8.27. The van der Waals surface area contributed by atoms with Crippen molar-refractivity contribution in [3.05, 3.63) is 46.3 Å². The summed E-state index contributed by atoms with van der Waals surface area (Å²) in [5.41, 5.74) is 2.67. The molecule has 0 radical (unpaired) electrons. The summed E-state index contributed by atoms with van der Waals surface area (Å²) in [4.78, 5) is 27.8. The highest BCUT2D eigenvalue weighted by Gasteiger charge is 2.13. The van der Waals surface area contributed by atoms with Crippen LogP contribution in [0.5, 0.6) is 5.75 Å². The van der Waals surface area contributed by atoms with Gasteiger partial charge in [0, 0.05) is 5.38 Å². The Hall–Kier alpha value is -2.92. The van der Waals surface area contributed by atoms with E-state index in [-0.39, 0.29) is 35.9 Å². The van der Waals surface area contributed by atoms with Gasteiger partial charge in [0.05, 0.1) is 24.5 Å². The summed E-state index contributed by atoms with van der Waals surface area (Å²) < 4.78 is 16.1. The molecule has 164 valence electrons. The second kappa shape index (κ2) is 10.9. The molecule has 0 spiro atoms. The van der Waals surface area contributed by atoms with Gasteiger partial charge in [-0.3, -0.25) is 9.59 Å². The van der Waals surface area contributed by atoms with E-state index in [1.165, 1.54) is 11.3 Å². The van der Waals surface area contributed by atoms with E-state index in [9.17, 15) is 9.59 Å². The fourth-order valence-electron chi connectivity index (χ4n) is 2.45. The number of amides is 1. The minimum atomic E-state index is -0.352. The topological polar surface area (TPSA) is 116 Å². The predicted octanol–water partition coefficient (Wildman–Crippen LogP) is 3.56.